The third-order valence-corrected chi connectivity index (χ3v) is 6.28. The zero-order chi connectivity index (χ0) is 25.2. The van der Waals surface area contributed by atoms with E-state index in [-0.39, 0.29) is 13.1 Å². The van der Waals surface area contributed by atoms with Gasteiger partial charge < -0.3 is 19.5 Å². The second-order valence-electron chi connectivity index (χ2n) is 8.62. The zero-order valence-corrected chi connectivity index (χ0v) is 21.4. The van der Waals surface area contributed by atoms with Crippen molar-refractivity contribution in [1.82, 2.24) is 5.32 Å². The predicted molar refractivity (Wildman–Crippen MR) is 134 cm³/mol. The molecule has 1 unspecified atom stereocenters. The quantitative estimate of drug-likeness (QED) is 0.396. The van der Waals surface area contributed by atoms with Crippen LogP contribution in [0.3, 0.4) is 0 Å². The molecule has 0 saturated heterocycles. The molecule has 2 N–H and O–H groups in total. The first-order chi connectivity index (χ1) is 15.9. The third-order valence-electron chi connectivity index (χ3n) is 4.83. The van der Waals surface area contributed by atoms with Gasteiger partial charge in [0.25, 0.3) is 0 Å². The van der Waals surface area contributed by atoms with E-state index in [0.29, 0.717) is 31.9 Å². The molecule has 182 valence electrons. The van der Waals surface area contributed by atoms with Crippen LogP contribution in [0.1, 0.15) is 32.3 Å². The fourth-order valence-electron chi connectivity index (χ4n) is 3.52. The number of carbonyl (C=O) groups excluding carboxylic acids is 2. The molecule has 0 spiro atoms. The number of amides is 2. The van der Waals surface area contributed by atoms with Crippen molar-refractivity contribution in [2.75, 3.05) is 29.3 Å². The van der Waals surface area contributed by atoms with Crippen molar-refractivity contribution < 1.29 is 24.2 Å². The Bertz CT molecular complexity index is 1100. The van der Waals surface area contributed by atoms with Crippen LogP contribution < -0.4 is 14.5 Å². The summed E-state index contributed by atoms with van der Waals surface area (Å²) in [6, 6.07) is 9.71. The number of fused-ring (bicyclic) bond motifs is 1. The van der Waals surface area contributed by atoms with Gasteiger partial charge in [-0.05, 0) is 74.7 Å². The number of carboxylic acids is 1. The van der Waals surface area contributed by atoms with Gasteiger partial charge in [0.15, 0.2) is 0 Å². The number of ether oxygens (including phenoxy) is 1. The summed E-state index contributed by atoms with van der Waals surface area (Å²) in [5.74, 6) is -2.41. The van der Waals surface area contributed by atoms with Crippen LogP contribution in [0.4, 0.5) is 16.2 Å². The van der Waals surface area contributed by atoms with Crippen molar-refractivity contribution in [3.63, 3.8) is 0 Å². The standard InChI is InChI=1S/C23H25Cl2N3O5S/c1-23(2,3)33-20(29)12-28(34-16-8-13(24)7-14(25)9-16)15-5-6-19-17(10-15)18(21(30)31)11-27(19)22(32)26-4/h5-10,18H,11-12H2,1-4H3,(H,26,32)(H,30,31). The number of aliphatic carboxylic acids is 1. The number of nitrogens with zero attached hydrogens (tertiary/aromatic N) is 2. The Hall–Kier alpha value is -2.62. The fourth-order valence-corrected chi connectivity index (χ4v) is 5.17. The number of urea groups is 1. The SMILES string of the molecule is CNC(=O)N1CC(C(=O)O)c2cc(N(CC(=O)OC(C)(C)C)Sc3cc(Cl)cc(Cl)c3)ccc21. The van der Waals surface area contributed by atoms with Crippen LogP contribution in [0.25, 0.3) is 0 Å². The first-order valence-corrected chi connectivity index (χ1v) is 11.9. The maximum Gasteiger partial charge on any atom is 0.327 e. The lowest BCUT2D eigenvalue weighted by atomic mass is 10.0. The molecule has 0 bridgehead atoms. The minimum atomic E-state index is -1.04. The molecule has 1 atom stereocenters. The van der Waals surface area contributed by atoms with Gasteiger partial charge in [-0.15, -0.1) is 0 Å². The van der Waals surface area contributed by atoms with Gasteiger partial charge in [-0.1, -0.05) is 23.2 Å². The summed E-state index contributed by atoms with van der Waals surface area (Å²) >= 11 is 13.5. The van der Waals surface area contributed by atoms with Crippen LogP contribution in [0.15, 0.2) is 41.3 Å². The van der Waals surface area contributed by atoms with E-state index >= 15 is 0 Å². The number of benzene rings is 2. The Balaban J connectivity index is 2.01. The van der Waals surface area contributed by atoms with E-state index in [2.05, 4.69) is 5.32 Å². The van der Waals surface area contributed by atoms with Gasteiger partial charge in [-0.2, -0.15) is 0 Å². The van der Waals surface area contributed by atoms with E-state index in [1.54, 1.807) is 61.5 Å². The topological polar surface area (TPSA) is 99.2 Å². The van der Waals surface area contributed by atoms with Crippen molar-refractivity contribution in [3.05, 3.63) is 52.0 Å². The van der Waals surface area contributed by atoms with Crippen LogP contribution in [0, 0.1) is 0 Å². The molecule has 3 rings (SSSR count). The Morgan fingerprint density at radius 1 is 1.18 bits per heavy atom. The Morgan fingerprint density at radius 2 is 1.82 bits per heavy atom. The molecule has 0 radical (unpaired) electrons. The summed E-state index contributed by atoms with van der Waals surface area (Å²) in [7, 11) is 1.49. The number of hydrogen-bond acceptors (Lipinski definition) is 6. The van der Waals surface area contributed by atoms with E-state index in [9.17, 15) is 19.5 Å². The minimum absolute atomic E-state index is 0.0108. The zero-order valence-electron chi connectivity index (χ0n) is 19.1. The van der Waals surface area contributed by atoms with Crippen molar-refractivity contribution in [1.29, 1.82) is 0 Å². The maximum absolute atomic E-state index is 12.7. The van der Waals surface area contributed by atoms with E-state index < -0.39 is 29.5 Å². The number of hydrogen-bond donors (Lipinski definition) is 2. The average molecular weight is 526 g/mol. The van der Waals surface area contributed by atoms with Crippen LogP contribution in [-0.4, -0.2) is 48.8 Å². The van der Waals surface area contributed by atoms with Gasteiger partial charge in [0, 0.05) is 39.9 Å². The molecule has 0 saturated carbocycles. The number of anilines is 2. The molecule has 34 heavy (non-hydrogen) atoms. The second kappa shape index (κ2) is 10.3. The number of carboxylic acid groups (broad SMARTS) is 1. The smallest absolute Gasteiger partial charge is 0.327 e. The van der Waals surface area contributed by atoms with Crippen molar-refractivity contribution >= 4 is 64.5 Å². The van der Waals surface area contributed by atoms with Gasteiger partial charge in [0.2, 0.25) is 0 Å². The summed E-state index contributed by atoms with van der Waals surface area (Å²) in [5, 5.41) is 13.2. The van der Waals surface area contributed by atoms with Gasteiger partial charge in [-0.3, -0.25) is 14.5 Å². The predicted octanol–water partition coefficient (Wildman–Crippen LogP) is 5.18. The molecule has 1 aliphatic heterocycles. The fraction of sp³-hybridized carbons (Fsp3) is 0.348. The molecule has 0 fully saturated rings. The summed E-state index contributed by atoms with van der Waals surface area (Å²) in [5.41, 5.74) is 0.874. The van der Waals surface area contributed by atoms with Gasteiger partial charge >= 0.3 is 18.0 Å². The monoisotopic (exact) mass is 525 g/mol. The molecule has 2 aromatic carbocycles. The van der Waals surface area contributed by atoms with E-state index in [1.165, 1.54) is 23.9 Å². The summed E-state index contributed by atoms with van der Waals surface area (Å²) in [6.07, 6.45) is 0. The van der Waals surface area contributed by atoms with Crippen molar-refractivity contribution in [3.8, 4) is 0 Å². The first kappa shape index (κ1) is 26.0. The first-order valence-electron chi connectivity index (χ1n) is 10.4. The van der Waals surface area contributed by atoms with Crippen LogP contribution >= 0.6 is 35.1 Å². The molecule has 2 aromatic rings. The van der Waals surface area contributed by atoms with Crippen LogP contribution in [0.2, 0.25) is 10.0 Å². The molecular formula is C23H25Cl2N3O5S. The Kier molecular flexibility index (Phi) is 7.90. The number of nitrogens with one attached hydrogen (secondary N) is 1. The highest BCUT2D eigenvalue weighted by atomic mass is 35.5. The number of halogens is 2. The molecule has 0 aliphatic carbocycles. The molecule has 2 amide bonds. The molecule has 0 aromatic heterocycles. The lowest BCUT2D eigenvalue weighted by Gasteiger charge is -2.26. The van der Waals surface area contributed by atoms with Crippen molar-refractivity contribution in [2.45, 2.75) is 37.2 Å². The number of carbonyl (C=O) groups is 3. The van der Waals surface area contributed by atoms with E-state index in [1.807, 2.05) is 0 Å². The minimum Gasteiger partial charge on any atom is -0.481 e. The molecule has 8 nitrogen and oxygen atoms in total. The Labute approximate surface area is 212 Å². The van der Waals surface area contributed by atoms with E-state index in [4.69, 9.17) is 27.9 Å². The third kappa shape index (κ3) is 6.28. The highest BCUT2D eigenvalue weighted by Gasteiger charge is 2.37. The lowest BCUT2D eigenvalue weighted by Crippen LogP contribution is -2.37. The van der Waals surface area contributed by atoms with Gasteiger partial charge in [0.1, 0.15) is 18.1 Å². The summed E-state index contributed by atoms with van der Waals surface area (Å²) in [6.45, 7) is 5.22. The summed E-state index contributed by atoms with van der Waals surface area (Å²) < 4.78 is 7.17. The molecule has 11 heteroatoms. The molecular weight excluding hydrogens is 501 g/mol. The summed E-state index contributed by atoms with van der Waals surface area (Å²) in [4.78, 5) is 38.9. The average Bonchev–Trinajstić information content (AvgIpc) is 3.09. The largest absolute Gasteiger partial charge is 0.481 e. The molecule has 1 heterocycles. The van der Waals surface area contributed by atoms with Gasteiger partial charge in [0.05, 0.1) is 0 Å². The number of rotatable bonds is 6. The lowest BCUT2D eigenvalue weighted by molar-refractivity contribution is -0.152. The molecule has 1 aliphatic rings. The van der Waals surface area contributed by atoms with Crippen molar-refractivity contribution in [2.24, 2.45) is 0 Å². The van der Waals surface area contributed by atoms with Gasteiger partial charge in [-0.25, -0.2) is 4.79 Å². The van der Waals surface area contributed by atoms with E-state index in [0.717, 1.165) is 0 Å². The maximum atomic E-state index is 12.7. The highest BCUT2D eigenvalue weighted by molar-refractivity contribution is 8.00. The second-order valence-corrected chi connectivity index (χ2v) is 10.6. The normalized spacial score (nSPS) is 15.0. The van der Waals surface area contributed by atoms with Crippen LogP contribution in [0.5, 0.6) is 0 Å². The Morgan fingerprint density at radius 3 is 2.38 bits per heavy atom. The number of esters is 1. The van der Waals surface area contributed by atoms with Crippen LogP contribution in [-0.2, 0) is 14.3 Å². The highest BCUT2D eigenvalue weighted by Crippen LogP contribution is 2.41.